The first-order valence-corrected chi connectivity index (χ1v) is 6.87. The summed E-state index contributed by atoms with van der Waals surface area (Å²) in [5.74, 6) is 0.978. The number of hydrogen-bond donors (Lipinski definition) is 2. The van der Waals surface area contributed by atoms with Gasteiger partial charge < -0.3 is 15.8 Å². The molecule has 0 saturated carbocycles. The summed E-state index contributed by atoms with van der Waals surface area (Å²) >= 11 is 5.05. The molecule has 1 aromatic heterocycles. The van der Waals surface area contributed by atoms with Crippen molar-refractivity contribution in [3.63, 3.8) is 0 Å². The van der Waals surface area contributed by atoms with Crippen LogP contribution in [0.25, 0.3) is 0 Å². The third-order valence-corrected chi connectivity index (χ3v) is 3.28. The fraction of sp³-hybridized carbons (Fsp3) is 0.667. The Morgan fingerprint density at radius 3 is 3.11 bits per heavy atom. The van der Waals surface area contributed by atoms with E-state index in [-0.39, 0.29) is 0 Å². The Morgan fingerprint density at radius 1 is 1.56 bits per heavy atom. The van der Waals surface area contributed by atoms with Gasteiger partial charge in [-0.15, -0.1) is 0 Å². The van der Waals surface area contributed by atoms with E-state index in [2.05, 4.69) is 10.4 Å². The second-order valence-electron chi connectivity index (χ2n) is 4.35. The minimum absolute atomic E-state index is 0.295. The molecule has 0 aromatic carbocycles. The van der Waals surface area contributed by atoms with Crippen LogP contribution in [0.4, 0.5) is 5.82 Å². The summed E-state index contributed by atoms with van der Waals surface area (Å²) in [7, 11) is 0. The highest BCUT2D eigenvalue weighted by Gasteiger charge is 2.20. The van der Waals surface area contributed by atoms with Crippen molar-refractivity contribution in [3.8, 4) is 0 Å². The molecule has 6 heteroatoms. The van der Waals surface area contributed by atoms with Crippen molar-refractivity contribution >= 4 is 23.1 Å². The van der Waals surface area contributed by atoms with E-state index >= 15 is 0 Å². The Labute approximate surface area is 113 Å². The SMILES string of the molecule is CCOCCc1nn(C(N)=S)c2c1CCCCN2. The minimum atomic E-state index is 0.295. The first kappa shape index (κ1) is 13.3. The number of rotatable bonds is 4. The lowest BCUT2D eigenvalue weighted by Crippen LogP contribution is -2.23. The molecule has 0 spiro atoms. The molecule has 0 unspecified atom stereocenters. The smallest absolute Gasteiger partial charge is 0.193 e. The number of hydrogen-bond acceptors (Lipinski definition) is 4. The molecule has 1 aromatic rings. The molecule has 2 rings (SSSR count). The summed E-state index contributed by atoms with van der Waals surface area (Å²) in [6.07, 6.45) is 4.18. The number of thiocarbonyl (C=S) groups is 1. The zero-order valence-electron chi connectivity index (χ0n) is 10.7. The Bertz CT molecular complexity index is 430. The first-order valence-electron chi connectivity index (χ1n) is 6.46. The molecular formula is C12H20N4OS. The molecule has 0 bridgehead atoms. The number of ether oxygens (including phenoxy) is 1. The van der Waals surface area contributed by atoms with Crippen LogP contribution >= 0.6 is 12.2 Å². The number of aromatic nitrogens is 2. The molecule has 0 amide bonds. The second kappa shape index (κ2) is 6.15. The van der Waals surface area contributed by atoms with Crippen LogP contribution in [-0.2, 0) is 17.6 Å². The third kappa shape index (κ3) is 2.81. The van der Waals surface area contributed by atoms with Gasteiger partial charge >= 0.3 is 0 Å². The van der Waals surface area contributed by atoms with E-state index < -0.39 is 0 Å². The van der Waals surface area contributed by atoms with Crippen LogP contribution in [0.5, 0.6) is 0 Å². The van der Waals surface area contributed by atoms with Gasteiger partial charge in [0.1, 0.15) is 5.82 Å². The van der Waals surface area contributed by atoms with Crippen LogP contribution < -0.4 is 11.1 Å². The van der Waals surface area contributed by atoms with Crippen molar-refractivity contribution in [1.29, 1.82) is 0 Å². The van der Waals surface area contributed by atoms with Crippen molar-refractivity contribution in [2.45, 2.75) is 32.6 Å². The summed E-state index contributed by atoms with van der Waals surface area (Å²) < 4.78 is 7.05. The predicted octanol–water partition coefficient (Wildman–Crippen LogP) is 1.30. The summed E-state index contributed by atoms with van der Waals surface area (Å²) in [5, 5.41) is 8.19. The summed E-state index contributed by atoms with van der Waals surface area (Å²) in [6.45, 7) is 4.37. The van der Waals surface area contributed by atoms with Gasteiger partial charge in [-0.05, 0) is 38.4 Å². The maximum atomic E-state index is 5.72. The Balaban J connectivity index is 2.25. The highest BCUT2D eigenvalue weighted by atomic mass is 32.1. The number of nitrogens with zero attached hydrogens (tertiary/aromatic N) is 2. The van der Waals surface area contributed by atoms with Crippen molar-refractivity contribution in [1.82, 2.24) is 9.78 Å². The average Bonchev–Trinajstić information content (AvgIpc) is 2.54. The van der Waals surface area contributed by atoms with Gasteiger partial charge in [-0.1, -0.05) is 0 Å². The molecule has 0 fully saturated rings. The summed E-state index contributed by atoms with van der Waals surface area (Å²) in [4.78, 5) is 0. The number of nitrogens with two attached hydrogens (primary N) is 1. The van der Waals surface area contributed by atoms with E-state index in [0.29, 0.717) is 11.7 Å². The van der Waals surface area contributed by atoms with Crippen LogP contribution in [-0.4, -0.2) is 34.7 Å². The molecule has 0 aliphatic carbocycles. The van der Waals surface area contributed by atoms with Crippen molar-refractivity contribution in [3.05, 3.63) is 11.3 Å². The number of anilines is 1. The lowest BCUT2D eigenvalue weighted by molar-refractivity contribution is 0.150. The Kier molecular flexibility index (Phi) is 4.54. The van der Waals surface area contributed by atoms with Crippen LogP contribution in [0.15, 0.2) is 0 Å². The van der Waals surface area contributed by atoms with Gasteiger partial charge in [0.05, 0.1) is 12.3 Å². The maximum absolute atomic E-state index is 5.72. The second-order valence-corrected chi connectivity index (χ2v) is 4.77. The molecule has 2 heterocycles. The van der Waals surface area contributed by atoms with E-state index in [1.807, 2.05) is 6.92 Å². The van der Waals surface area contributed by atoms with E-state index in [0.717, 1.165) is 43.9 Å². The largest absolute Gasteiger partial charge is 0.381 e. The molecule has 0 saturated heterocycles. The lowest BCUT2D eigenvalue weighted by Gasteiger charge is -2.06. The van der Waals surface area contributed by atoms with Gasteiger partial charge in [0.2, 0.25) is 0 Å². The zero-order valence-corrected chi connectivity index (χ0v) is 11.6. The molecule has 1 aliphatic heterocycles. The summed E-state index contributed by atoms with van der Waals surface area (Å²) in [6, 6.07) is 0. The van der Waals surface area contributed by atoms with Crippen LogP contribution in [0, 0.1) is 0 Å². The number of fused-ring (bicyclic) bond motifs is 1. The molecule has 3 N–H and O–H groups in total. The monoisotopic (exact) mass is 268 g/mol. The van der Waals surface area contributed by atoms with Gasteiger partial charge in [0.15, 0.2) is 5.11 Å². The molecule has 18 heavy (non-hydrogen) atoms. The fourth-order valence-corrected chi connectivity index (χ4v) is 2.38. The quantitative estimate of drug-likeness (QED) is 0.636. The van der Waals surface area contributed by atoms with Crippen molar-refractivity contribution in [2.75, 3.05) is 25.1 Å². The first-order chi connectivity index (χ1) is 8.74. The van der Waals surface area contributed by atoms with E-state index in [9.17, 15) is 0 Å². The van der Waals surface area contributed by atoms with Crippen LogP contribution in [0.1, 0.15) is 31.0 Å². The molecular weight excluding hydrogens is 248 g/mol. The molecule has 100 valence electrons. The van der Waals surface area contributed by atoms with E-state index in [4.69, 9.17) is 22.7 Å². The van der Waals surface area contributed by atoms with Gasteiger partial charge in [-0.25, -0.2) is 0 Å². The Morgan fingerprint density at radius 2 is 2.39 bits per heavy atom. The van der Waals surface area contributed by atoms with E-state index in [1.165, 1.54) is 12.0 Å². The van der Waals surface area contributed by atoms with Gasteiger partial charge in [0.25, 0.3) is 0 Å². The zero-order chi connectivity index (χ0) is 13.0. The molecule has 0 radical (unpaired) electrons. The third-order valence-electron chi connectivity index (χ3n) is 3.11. The number of nitrogens with one attached hydrogen (secondary N) is 1. The van der Waals surface area contributed by atoms with Crippen molar-refractivity contribution in [2.24, 2.45) is 5.73 Å². The lowest BCUT2D eigenvalue weighted by atomic mass is 10.1. The average molecular weight is 268 g/mol. The standard InChI is InChI=1S/C12H20N4OS/c1-2-17-8-6-10-9-5-3-4-7-14-11(9)16(15-10)12(13)18/h14H,2-8H2,1H3,(H2,13,18). The molecule has 1 aliphatic rings. The summed E-state index contributed by atoms with van der Waals surface area (Å²) in [5.41, 5.74) is 8.02. The minimum Gasteiger partial charge on any atom is -0.381 e. The topological polar surface area (TPSA) is 65.1 Å². The fourth-order valence-electron chi connectivity index (χ4n) is 2.25. The maximum Gasteiger partial charge on any atom is 0.193 e. The molecule has 5 nitrogen and oxygen atoms in total. The van der Waals surface area contributed by atoms with Crippen LogP contribution in [0.3, 0.4) is 0 Å². The predicted molar refractivity (Wildman–Crippen MR) is 76.0 cm³/mol. The van der Waals surface area contributed by atoms with Crippen LogP contribution in [0.2, 0.25) is 0 Å². The van der Waals surface area contributed by atoms with Gasteiger partial charge in [0, 0.05) is 25.1 Å². The van der Waals surface area contributed by atoms with Gasteiger partial charge in [-0.3, -0.25) is 0 Å². The Hall–Kier alpha value is -1.14. The highest BCUT2D eigenvalue weighted by Crippen LogP contribution is 2.25. The van der Waals surface area contributed by atoms with Crippen molar-refractivity contribution < 1.29 is 4.74 Å². The normalized spacial score (nSPS) is 14.7. The highest BCUT2D eigenvalue weighted by molar-refractivity contribution is 7.80. The van der Waals surface area contributed by atoms with Gasteiger partial charge in [-0.2, -0.15) is 9.78 Å². The molecule has 0 atom stereocenters. The van der Waals surface area contributed by atoms with E-state index in [1.54, 1.807) is 4.68 Å².